The van der Waals surface area contributed by atoms with Crippen molar-refractivity contribution >= 4 is 11.6 Å². The Morgan fingerprint density at radius 3 is 2.72 bits per heavy atom. The molecule has 0 spiro atoms. The van der Waals surface area contributed by atoms with Crippen LogP contribution in [-0.4, -0.2) is 17.4 Å². The number of carbonyl (C=O) groups is 1. The van der Waals surface area contributed by atoms with Gasteiger partial charge in [0.05, 0.1) is 5.56 Å². The van der Waals surface area contributed by atoms with Gasteiger partial charge in [0, 0.05) is 31.2 Å². The number of hydrogen-bond acceptors (Lipinski definition) is 3. The molecule has 1 heterocycles. The van der Waals surface area contributed by atoms with Crippen LogP contribution >= 0.6 is 0 Å². The van der Waals surface area contributed by atoms with Gasteiger partial charge in [-0.25, -0.2) is 0 Å². The van der Waals surface area contributed by atoms with E-state index in [9.17, 15) is 4.79 Å². The van der Waals surface area contributed by atoms with E-state index in [1.165, 1.54) is 31.3 Å². The number of benzene rings is 1. The first kappa shape index (κ1) is 17.2. The molecule has 1 aliphatic rings. The maximum Gasteiger partial charge on any atom is 0.253 e. The molecule has 0 radical (unpaired) electrons. The van der Waals surface area contributed by atoms with Crippen molar-refractivity contribution < 1.29 is 4.79 Å². The summed E-state index contributed by atoms with van der Waals surface area (Å²) in [6.45, 7) is 1.36. The normalized spacial score (nSPS) is 13.8. The minimum absolute atomic E-state index is 0.0192. The molecule has 0 atom stereocenters. The molecule has 0 aliphatic heterocycles. The Balaban J connectivity index is 1.55. The smallest absolute Gasteiger partial charge is 0.253 e. The Labute approximate surface area is 149 Å². The second-order valence-corrected chi connectivity index (χ2v) is 6.37. The van der Waals surface area contributed by atoms with Crippen molar-refractivity contribution in [3.8, 4) is 0 Å². The van der Waals surface area contributed by atoms with Crippen molar-refractivity contribution in [2.24, 2.45) is 0 Å². The van der Waals surface area contributed by atoms with Gasteiger partial charge >= 0.3 is 0 Å². The Hall–Kier alpha value is -2.62. The molecule has 25 heavy (non-hydrogen) atoms. The molecule has 0 bridgehead atoms. The number of carbonyl (C=O) groups excluding carboxylic acids is 1. The average molecular weight is 335 g/mol. The molecule has 0 fully saturated rings. The SMILES string of the molecule is O=C(NCCC1=CCCCC1)c1ccccc1NCc1ccncc1. The number of anilines is 1. The highest BCUT2D eigenvalue weighted by molar-refractivity contribution is 5.99. The van der Waals surface area contributed by atoms with E-state index in [-0.39, 0.29) is 5.91 Å². The molecule has 4 nitrogen and oxygen atoms in total. The predicted octanol–water partition coefficient (Wildman–Crippen LogP) is 4.31. The quantitative estimate of drug-likeness (QED) is 0.741. The van der Waals surface area contributed by atoms with Gasteiger partial charge in [0.15, 0.2) is 0 Å². The summed E-state index contributed by atoms with van der Waals surface area (Å²) in [7, 11) is 0. The molecule has 2 aromatic rings. The number of para-hydroxylation sites is 1. The van der Waals surface area contributed by atoms with E-state index in [1.54, 1.807) is 12.4 Å². The summed E-state index contributed by atoms with van der Waals surface area (Å²) in [5.41, 5.74) is 4.16. The molecule has 0 saturated carbocycles. The van der Waals surface area contributed by atoms with Crippen molar-refractivity contribution in [3.05, 3.63) is 71.6 Å². The number of nitrogens with one attached hydrogen (secondary N) is 2. The third kappa shape index (κ3) is 5.18. The van der Waals surface area contributed by atoms with Crippen LogP contribution in [0.25, 0.3) is 0 Å². The summed E-state index contributed by atoms with van der Waals surface area (Å²) in [6, 6.07) is 11.6. The highest BCUT2D eigenvalue weighted by atomic mass is 16.1. The first-order chi connectivity index (χ1) is 12.3. The van der Waals surface area contributed by atoms with E-state index < -0.39 is 0 Å². The van der Waals surface area contributed by atoms with E-state index in [2.05, 4.69) is 21.7 Å². The van der Waals surface area contributed by atoms with Crippen LogP contribution in [0.5, 0.6) is 0 Å². The fraction of sp³-hybridized carbons (Fsp3) is 0.333. The third-order valence-electron chi connectivity index (χ3n) is 4.52. The highest BCUT2D eigenvalue weighted by Gasteiger charge is 2.11. The number of rotatable bonds is 7. The zero-order chi connectivity index (χ0) is 17.3. The van der Waals surface area contributed by atoms with Crippen LogP contribution in [0.1, 0.15) is 48.0 Å². The van der Waals surface area contributed by atoms with Gasteiger partial charge in [-0.05, 0) is 61.9 Å². The summed E-state index contributed by atoms with van der Waals surface area (Å²) in [4.78, 5) is 16.6. The minimum Gasteiger partial charge on any atom is -0.380 e. The maximum atomic E-state index is 12.5. The molecule has 1 aliphatic carbocycles. The number of aromatic nitrogens is 1. The Bertz CT molecular complexity index is 725. The largest absolute Gasteiger partial charge is 0.380 e. The second-order valence-electron chi connectivity index (χ2n) is 6.37. The minimum atomic E-state index is -0.0192. The summed E-state index contributed by atoms with van der Waals surface area (Å²) in [5, 5.41) is 6.41. The Morgan fingerprint density at radius 2 is 1.92 bits per heavy atom. The van der Waals surface area contributed by atoms with Gasteiger partial charge < -0.3 is 10.6 Å². The van der Waals surface area contributed by atoms with Gasteiger partial charge in [0.1, 0.15) is 0 Å². The van der Waals surface area contributed by atoms with Crippen molar-refractivity contribution in [1.29, 1.82) is 0 Å². The van der Waals surface area contributed by atoms with Crippen molar-refractivity contribution in [2.45, 2.75) is 38.6 Å². The topological polar surface area (TPSA) is 54.0 Å². The maximum absolute atomic E-state index is 12.5. The lowest BCUT2D eigenvalue weighted by molar-refractivity contribution is 0.0955. The van der Waals surface area contributed by atoms with E-state index in [1.807, 2.05) is 36.4 Å². The van der Waals surface area contributed by atoms with Crippen molar-refractivity contribution in [1.82, 2.24) is 10.3 Å². The lowest BCUT2D eigenvalue weighted by atomic mass is 9.97. The molecule has 4 heteroatoms. The van der Waals surface area contributed by atoms with Crippen LogP contribution in [0.3, 0.4) is 0 Å². The Kier molecular flexibility index (Phi) is 6.21. The van der Waals surface area contributed by atoms with E-state index in [0.717, 1.165) is 17.7 Å². The van der Waals surface area contributed by atoms with Crippen LogP contribution in [0.4, 0.5) is 5.69 Å². The van der Waals surface area contributed by atoms with Gasteiger partial charge in [0.25, 0.3) is 5.91 Å². The average Bonchev–Trinajstić information content (AvgIpc) is 2.68. The lowest BCUT2D eigenvalue weighted by Crippen LogP contribution is -2.25. The lowest BCUT2D eigenvalue weighted by Gasteiger charge is -2.14. The molecule has 1 amide bonds. The van der Waals surface area contributed by atoms with Gasteiger partial charge in [-0.1, -0.05) is 23.8 Å². The molecule has 0 saturated heterocycles. The van der Waals surface area contributed by atoms with Gasteiger partial charge in [-0.15, -0.1) is 0 Å². The van der Waals surface area contributed by atoms with Crippen molar-refractivity contribution in [2.75, 3.05) is 11.9 Å². The molecule has 130 valence electrons. The van der Waals surface area contributed by atoms with E-state index >= 15 is 0 Å². The number of allylic oxidation sites excluding steroid dienone is 1. The van der Waals surface area contributed by atoms with Gasteiger partial charge in [-0.3, -0.25) is 9.78 Å². The van der Waals surface area contributed by atoms with E-state index in [4.69, 9.17) is 0 Å². The number of nitrogens with zero attached hydrogens (tertiary/aromatic N) is 1. The Morgan fingerprint density at radius 1 is 1.08 bits per heavy atom. The first-order valence-corrected chi connectivity index (χ1v) is 9.01. The molecule has 0 unspecified atom stereocenters. The summed E-state index contributed by atoms with van der Waals surface area (Å²) in [6.07, 6.45) is 11.8. The van der Waals surface area contributed by atoms with Crippen LogP contribution in [0.15, 0.2) is 60.4 Å². The molecule has 2 N–H and O–H groups in total. The van der Waals surface area contributed by atoms with Crippen molar-refractivity contribution in [3.63, 3.8) is 0 Å². The molecule has 1 aromatic carbocycles. The first-order valence-electron chi connectivity index (χ1n) is 9.01. The third-order valence-corrected chi connectivity index (χ3v) is 4.52. The van der Waals surface area contributed by atoms with Gasteiger partial charge in [0.2, 0.25) is 0 Å². The predicted molar refractivity (Wildman–Crippen MR) is 102 cm³/mol. The molecule has 3 rings (SSSR count). The zero-order valence-corrected chi connectivity index (χ0v) is 14.5. The zero-order valence-electron chi connectivity index (χ0n) is 14.5. The summed E-state index contributed by atoms with van der Waals surface area (Å²) < 4.78 is 0. The number of amides is 1. The molecular weight excluding hydrogens is 310 g/mol. The fourth-order valence-corrected chi connectivity index (χ4v) is 3.10. The highest BCUT2D eigenvalue weighted by Crippen LogP contribution is 2.20. The van der Waals surface area contributed by atoms with Crippen LogP contribution in [-0.2, 0) is 6.54 Å². The van der Waals surface area contributed by atoms with Crippen LogP contribution < -0.4 is 10.6 Å². The molecule has 1 aromatic heterocycles. The standard InChI is InChI=1S/C21H25N3O/c25-21(23-15-12-17-6-2-1-3-7-17)19-8-4-5-9-20(19)24-16-18-10-13-22-14-11-18/h4-6,8-11,13-14,24H,1-3,7,12,15-16H2,(H,23,25). The van der Waals surface area contributed by atoms with Gasteiger partial charge in [-0.2, -0.15) is 0 Å². The summed E-state index contributed by atoms with van der Waals surface area (Å²) >= 11 is 0. The number of pyridine rings is 1. The fourth-order valence-electron chi connectivity index (χ4n) is 3.10. The summed E-state index contributed by atoms with van der Waals surface area (Å²) in [5.74, 6) is -0.0192. The second kappa shape index (κ2) is 9.02. The monoisotopic (exact) mass is 335 g/mol. The molecular formula is C21H25N3O. The van der Waals surface area contributed by atoms with E-state index in [0.29, 0.717) is 18.7 Å². The van der Waals surface area contributed by atoms with Crippen LogP contribution in [0.2, 0.25) is 0 Å². The van der Waals surface area contributed by atoms with Crippen LogP contribution in [0, 0.1) is 0 Å². The number of hydrogen-bond donors (Lipinski definition) is 2.